The molecular weight excluding hydrogens is 357 g/mol. The van der Waals surface area contributed by atoms with E-state index in [9.17, 15) is 9.18 Å². The van der Waals surface area contributed by atoms with Crippen LogP contribution in [0.25, 0.3) is 10.6 Å². The molecule has 0 fully saturated rings. The van der Waals surface area contributed by atoms with Gasteiger partial charge in [0.1, 0.15) is 15.8 Å². The number of halogens is 2. The lowest BCUT2D eigenvalue weighted by molar-refractivity contribution is -0.121. The van der Waals surface area contributed by atoms with Crippen LogP contribution < -0.4 is 4.90 Å². The average Bonchev–Trinajstić information content (AvgIpc) is 2.90. The summed E-state index contributed by atoms with van der Waals surface area (Å²) in [5.74, 6) is 0.206. The summed E-state index contributed by atoms with van der Waals surface area (Å²) in [6.07, 6.45) is 4.62. The number of pyridine rings is 1. The molecule has 2 heterocycles. The summed E-state index contributed by atoms with van der Waals surface area (Å²) in [5.41, 5.74) is 0.545. The van der Waals surface area contributed by atoms with Gasteiger partial charge in [0, 0.05) is 30.0 Å². The third-order valence-corrected chi connectivity index (χ3v) is 5.52. The highest BCUT2D eigenvalue weighted by molar-refractivity contribution is 7.98. The molecule has 0 aliphatic rings. The summed E-state index contributed by atoms with van der Waals surface area (Å²) in [4.78, 5) is 22.3. The van der Waals surface area contributed by atoms with E-state index in [4.69, 9.17) is 11.6 Å². The topological polar surface area (TPSA) is 46.1 Å². The van der Waals surface area contributed by atoms with Gasteiger partial charge in [0.2, 0.25) is 5.91 Å². The van der Waals surface area contributed by atoms with Crippen molar-refractivity contribution >= 4 is 45.6 Å². The third kappa shape index (κ3) is 4.22. The van der Waals surface area contributed by atoms with Crippen molar-refractivity contribution in [3.63, 3.8) is 0 Å². The predicted molar refractivity (Wildman–Crippen MR) is 95.9 cm³/mol. The second kappa shape index (κ2) is 8.08. The molecule has 0 saturated heterocycles. The highest BCUT2D eigenvalue weighted by atomic mass is 35.5. The number of thiazole rings is 1. The lowest BCUT2D eigenvalue weighted by Crippen LogP contribution is -2.35. The van der Waals surface area contributed by atoms with E-state index in [1.165, 1.54) is 23.6 Å². The molecule has 0 saturated carbocycles. The Morgan fingerprint density at radius 3 is 2.87 bits per heavy atom. The largest absolute Gasteiger partial charge is 0.301 e. The zero-order valence-corrected chi connectivity index (χ0v) is 15.4. The van der Waals surface area contributed by atoms with Gasteiger partial charge in [-0.3, -0.25) is 9.78 Å². The third-order valence-electron chi connectivity index (χ3n) is 3.19. The van der Waals surface area contributed by atoms with E-state index in [2.05, 4.69) is 9.97 Å². The smallest absolute Gasteiger partial charge is 0.231 e. The van der Waals surface area contributed by atoms with Crippen LogP contribution in [0.4, 0.5) is 9.39 Å². The summed E-state index contributed by atoms with van der Waals surface area (Å²) in [7, 11) is 0. The van der Waals surface area contributed by atoms with E-state index in [-0.39, 0.29) is 17.0 Å². The molecule has 0 aliphatic carbocycles. The average molecular weight is 374 g/mol. The Morgan fingerprint density at radius 1 is 1.52 bits per heavy atom. The van der Waals surface area contributed by atoms with Crippen molar-refractivity contribution in [1.82, 2.24) is 9.97 Å². The van der Waals surface area contributed by atoms with Gasteiger partial charge in [0.15, 0.2) is 5.15 Å². The van der Waals surface area contributed by atoms with Crippen LogP contribution in [-0.2, 0) is 4.79 Å². The number of carbonyl (C=O) groups excluding carboxylic acids is 1. The van der Waals surface area contributed by atoms with E-state index in [0.29, 0.717) is 22.1 Å². The molecule has 0 bridgehead atoms. The summed E-state index contributed by atoms with van der Waals surface area (Å²) < 4.78 is 13.3. The second-order valence-corrected chi connectivity index (χ2v) is 7.19. The fraction of sp³-hybridized carbons (Fsp3) is 0.400. The molecule has 0 N–H and O–H groups in total. The highest BCUT2D eigenvalue weighted by Crippen LogP contribution is 2.38. The summed E-state index contributed by atoms with van der Waals surface area (Å²) in [6.45, 7) is 4.29. The van der Waals surface area contributed by atoms with Crippen molar-refractivity contribution in [3.05, 3.63) is 29.4 Å². The predicted octanol–water partition coefficient (Wildman–Crippen LogP) is 4.35. The van der Waals surface area contributed by atoms with Crippen molar-refractivity contribution in [1.29, 1.82) is 0 Å². The molecule has 2 aromatic heterocycles. The Kier molecular flexibility index (Phi) is 6.38. The van der Waals surface area contributed by atoms with Gasteiger partial charge < -0.3 is 4.90 Å². The molecule has 1 amide bonds. The molecule has 23 heavy (non-hydrogen) atoms. The molecule has 0 radical (unpaired) electrons. The highest BCUT2D eigenvalue weighted by Gasteiger charge is 2.25. The molecule has 0 spiro atoms. The van der Waals surface area contributed by atoms with E-state index < -0.39 is 5.82 Å². The van der Waals surface area contributed by atoms with Gasteiger partial charge >= 0.3 is 0 Å². The number of anilines is 1. The minimum atomic E-state index is -0.438. The molecule has 1 atom stereocenters. The van der Waals surface area contributed by atoms with Crippen LogP contribution in [0.2, 0.25) is 5.15 Å². The number of hydrogen-bond acceptors (Lipinski definition) is 5. The minimum Gasteiger partial charge on any atom is -0.301 e. The molecule has 8 heteroatoms. The molecule has 4 nitrogen and oxygen atoms in total. The van der Waals surface area contributed by atoms with Gasteiger partial charge in [-0.15, -0.1) is 0 Å². The number of nitrogens with zero attached hydrogens (tertiary/aromatic N) is 3. The molecule has 124 valence electrons. The summed E-state index contributed by atoms with van der Waals surface area (Å²) in [5, 5.41) is 1.38. The number of aromatic nitrogens is 2. The van der Waals surface area contributed by atoms with Crippen LogP contribution >= 0.6 is 34.7 Å². The minimum absolute atomic E-state index is 0.0105. The van der Waals surface area contributed by atoms with Crippen molar-refractivity contribution < 1.29 is 9.18 Å². The fourth-order valence-electron chi connectivity index (χ4n) is 2.10. The SMILES string of the molecule is CCN(C(=O)C(C)CSC)c1sc(-c2cncc(F)c2)nc1Cl. The zero-order chi connectivity index (χ0) is 17.0. The van der Waals surface area contributed by atoms with Crippen LogP contribution in [-0.4, -0.2) is 34.4 Å². The van der Waals surface area contributed by atoms with Crippen LogP contribution in [0.15, 0.2) is 18.5 Å². The maximum Gasteiger partial charge on any atom is 0.231 e. The molecule has 0 aromatic carbocycles. The van der Waals surface area contributed by atoms with Crippen molar-refractivity contribution in [2.45, 2.75) is 13.8 Å². The van der Waals surface area contributed by atoms with Crippen LogP contribution in [0.5, 0.6) is 0 Å². The molecule has 2 rings (SSSR count). The lowest BCUT2D eigenvalue weighted by atomic mass is 10.2. The van der Waals surface area contributed by atoms with Gasteiger partial charge in [-0.2, -0.15) is 11.8 Å². The number of hydrogen-bond donors (Lipinski definition) is 0. The quantitative estimate of drug-likeness (QED) is 0.755. The van der Waals surface area contributed by atoms with Crippen molar-refractivity contribution in [2.75, 3.05) is 23.5 Å². The molecule has 1 unspecified atom stereocenters. The van der Waals surface area contributed by atoms with Gasteiger partial charge in [0.05, 0.1) is 6.20 Å². The van der Waals surface area contributed by atoms with E-state index in [0.717, 1.165) is 11.9 Å². The fourth-order valence-corrected chi connectivity index (χ4v) is 4.10. The first-order valence-electron chi connectivity index (χ1n) is 7.05. The van der Waals surface area contributed by atoms with Crippen molar-refractivity contribution in [2.24, 2.45) is 5.92 Å². The van der Waals surface area contributed by atoms with Gasteiger partial charge in [-0.05, 0) is 19.2 Å². The van der Waals surface area contributed by atoms with Crippen molar-refractivity contribution in [3.8, 4) is 10.6 Å². The van der Waals surface area contributed by atoms with Gasteiger partial charge in [0.25, 0.3) is 0 Å². The Morgan fingerprint density at radius 2 is 2.26 bits per heavy atom. The standard InChI is InChI=1S/C15H17ClFN3OS2/c1-4-20(14(21)9(2)8-22-3)15-12(16)19-13(23-15)10-5-11(17)7-18-6-10/h5-7,9H,4,8H2,1-3H3. The monoisotopic (exact) mass is 373 g/mol. The maximum absolute atomic E-state index is 13.3. The first kappa shape index (κ1) is 18.2. The zero-order valence-electron chi connectivity index (χ0n) is 13.0. The second-order valence-electron chi connectivity index (χ2n) is 4.95. The normalized spacial score (nSPS) is 12.2. The van der Waals surface area contributed by atoms with Gasteiger partial charge in [-0.1, -0.05) is 29.9 Å². The lowest BCUT2D eigenvalue weighted by Gasteiger charge is -2.22. The first-order chi connectivity index (χ1) is 11.0. The van der Waals surface area contributed by atoms with Crippen LogP contribution in [0, 0.1) is 11.7 Å². The number of thioether (sulfide) groups is 1. The molecule has 2 aromatic rings. The van der Waals surface area contributed by atoms with E-state index >= 15 is 0 Å². The number of amides is 1. The Bertz CT molecular complexity index is 695. The first-order valence-corrected chi connectivity index (χ1v) is 9.64. The van der Waals surface area contributed by atoms with E-state index in [1.807, 2.05) is 20.1 Å². The number of rotatable bonds is 6. The summed E-state index contributed by atoms with van der Waals surface area (Å²) in [6, 6.07) is 1.35. The Balaban J connectivity index is 2.33. The van der Waals surface area contributed by atoms with E-state index in [1.54, 1.807) is 16.7 Å². The Labute approximate surface area is 148 Å². The molecule has 0 aliphatic heterocycles. The Hall–Kier alpha value is -1.18. The summed E-state index contributed by atoms with van der Waals surface area (Å²) >= 11 is 9.11. The number of carbonyl (C=O) groups is 1. The molecular formula is C15H17ClFN3OS2. The maximum atomic E-state index is 13.3. The van der Waals surface area contributed by atoms with Crippen LogP contribution in [0.3, 0.4) is 0 Å². The van der Waals surface area contributed by atoms with Crippen LogP contribution in [0.1, 0.15) is 13.8 Å². The van der Waals surface area contributed by atoms with Gasteiger partial charge in [-0.25, -0.2) is 9.37 Å².